The fourth-order valence-corrected chi connectivity index (χ4v) is 4.24. The van der Waals surface area contributed by atoms with Crippen LogP contribution in [0.1, 0.15) is 71.8 Å². The number of benzene rings is 1. The minimum atomic E-state index is -0.512. The Balaban J connectivity index is 0.00000176. The molecule has 196 valence electrons. The molecule has 4 rings (SSSR count). The average molecular weight is 497 g/mol. The van der Waals surface area contributed by atoms with E-state index in [9.17, 15) is 4.79 Å². The van der Waals surface area contributed by atoms with E-state index in [1.807, 2.05) is 59.7 Å². The maximum absolute atomic E-state index is 12.2. The number of likely N-dealkylation sites (tertiary alicyclic amines) is 2. The highest BCUT2D eigenvalue weighted by atomic mass is 16.6. The molecule has 2 fully saturated rings. The number of carbonyl (C=O) groups excluding carboxylic acids is 1. The van der Waals surface area contributed by atoms with E-state index in [-0.39, 0.29) is 18.1 Å². The summed E-state index contributed by atoms with van der Waals surface area (Å²) in [5.41, 5.74) is 2.97. The van der Waals surface area contributed by atoms with Crippen molar-refractivity contribution >= 4 is 18.0 Å². The molecule has 2 saturated heterocycles. The van der Waals surface area contributed by atoms with Crippen molar-refractivity contribution in [3.63, 3.8) is 0 Å². The predicted octanol–water partition coefficient (Wildman–Crippen LogP) is 5.50. The van der Waals surface area contributed by atoms with Crippen LogP contribution in [0, 0.1) is 5.41 Å². The Labute approximate surface area is 214 Å². The Hall–Kier alpha value is -3.36. The van der Waals surface area contributed by atoms with Crippen molar-refractivity contribution in [3.05, 3.63) is 41.9 Å². The maximum Gasteiger partial charge on any atom is 0.410 e. The lowest BCUT2D eigenvalue weighted by Gasteiger charge is -2.40. The van der Waals surface area contributed by atoms with Gasteiger partial charge < -0.3 is 29.8 Å². The number of carbonyl (C=O) groups is 1. The number of ether oxygens (including phenoxy) is 1. The summed E-state index contributed by atoms with van der Waals surface area (Å²) in [6.07, 6.45) is 2.93. The van der Waals surface area contributed by atoms with E-state index in [0.29, 0.717) is 24.8 Å². The van der Waals surface area contributed by atoms with Crippen molar-refractivity contribution in [1.29, 1.82) is 5.41 Å². The van der Waals surface area contributed by atoms with E-state index in [4.69, 9.17) is 14.7 Å². The number of rotatable bonds is 6. The molecule has 36 heavy (non-hydrogen) atoms. The van der Waals surface area contributed by atoms with Gasteiger partial charge in [-0.05, 0) is 46.6 Å². The number of nitrogens with one attached hydrogen (secondary N) is 2. The quantitative estimate of drug-likeness (QED) is 0.508. The van der Waals surface area contributed by atoms with E-state index in [0.717, 1.165) is 48.4 Å². The van der Waals surface area contributed by atoms with Crippen LogP contribution in [-0.2, 0) is 4.74 Å². The number of anilines is 1. The molecular formula is C27H40N6O3. The Kier molecular flexibility index (Phi) is 8.76. The van der Waals surface area contributed by atoms with Crippen molar-refractivity contribution in [3.8, 4) is 11.4 Å². The van der Waals surface area contributed by atoms with Gasteiger partial charge in [-0.2, -0.15) is 4.98 Å². The molecule has 9 heteroatoms. The lowest BCUT2D eigenvalue weighted by Crippen LogP contribution is -2.58. The summed E-state index contributed by atoms with van der Waals surface area (Å²) in [4.78, 5) is 20.8. The molecule has 1 aromatic heterocycles. The lowest BCUT2D eigenvalue weighted by molar-refractivity contribution is 0.0105. The molecule has 2 aliphatic heterocycles. The average Bonchev–Trinajstić information content (AvgIpc) is 3.31. The molecule has 0 bridgehead atoms. The highest BCUT2D eigenvalue weighted by molar-refractivity contribution is 5.87. The number of allylic oxidation sites excluding steroid dienone is 1. The van der Waals surface area contributed by atoms with Crippen molar-refractivity contribution < 1.29 is 14.1 Å². The topological polar surface area (TPSA) is 108 Å². The van der Waals surface area contributed by atoms with Gasteiger partial charge in [0, 0.05) is 60.8 Å². The van der Waals surface area contributed by atoms with Crippen LogP contribution in [-0.4, -0.2) is 70.1 Å². The first-order chi connectivity index (χ1) is 17.1. The zero-order valence-electron chi connectivity index (χ0n) is 22.4. The first kappa shape index (κ1) is 27.2. The van der Waals surface area contributed by atoms with Gasteiger partial charge in [-0.25, -0.2) is 4.79 Å². The summed E-state index contributed by atoms with van der Waals surface area (Å²) in [5.74, 6) is 1.47. The maximum atomic E-state index is 12.2. The molecule has 2 aliphatic rings. The standard InChI is InChI=1S/C25H34N6O3.C2H6/c1-16(2)30-10-8-17(9-11-30)23-28-22(29-34-23)18-6-7-19(13-26)21(12-18)27-20-14-31(15-20)24(32)33-25(3,4)5;1-2/h6-7,12-13,17,20,26-27H,1,8-11,14-15H2,2-5H3;1-2H3. The third-order valence-electron chi connectivity index (χ3n) is 6.19. The molecule has 2 aromatic rings. The predicted molar refractivity (Wildman–Crippen MR) is 143 cm³/mol. The van der Waals surface area contributed by atoms with Gasteiger partial charge in [-0.3, -0.25) is 0 Å². The highest BCUT2D eigenvalue weighted by Crippen LogP contribution is 2.31. The summed E-state index contributed by atoms with van der Waals surface area (Å²) >= 11 is 0. The van der Waals surface area contributed by atoms with Gasteiger partial charge in [0.1, 0.15) is 5.60 Å². The normalized spacial score (nSPS) is 16.5. The summed E-state index contributed by atoms with van der Waals surface area (Å²) in [5, 5.41) is 15.4. The number of hydrogen-bond donors (Lipinski definition) is 2. The van der Waals surface area contributed by atoms with Crippen LogP contribution >= 0.6 is 0 Å². The molecule has 0 radical (unpaired) electrons. The molecule has 0 aliphatic carbocycles. The van der Waals surface area contributed by atoms with Crippen LogP contribution < -0.4 is 5.32 Å². The molecule has 9 nitrogen and oxygen atoms in total. The summed E-state index contributed by atoms with van der Waals surface area (Å²) < 4.78 is 11.0. The molecule has 0 unspecified atom stereocenters. The SMILES string of the molecule is C=C(C)N1CCC(c2nc(-c3ccc(C=N)c(NC4CN(C(=O)OC(C)(C)C)C4)c3)no2)CC1.CC. The second-order valence-electron chi connectivity index (χ2n) is 10.1. The Morgan fingerprint density at radius 2 is 1.89 bits per heavy atom. The van der Waals surface area contributed by atoms with E-state index >= 15 is 0 Å². The zero-order chi connectivity index (χ0) is 26.5. The largest absolute Gasteiger partial charge is 0.444 e. The van der Waals surface area contributed by atoms with Crippen LogP contribution in [0.4, 0.5) is 10.5 Å². The molecule has 3 heterocycles. The minimum absolute atomic E-state index is 0.0841. The smallest absolute Gasteiger partial charge is 0.410 e. The molecule has 0 saturated carbocycles. The summed E-state index contributed by atoms with van der Waals surface area (Å²) in [7, 11) is 0. The molecule has 1 aromatic carbocycles. The van der Waals surface area contributed by atoms with Crippen molar-refractivity contribution in [2.45, 2.75) is 71.9 Å². The third-order valence-corrected chi connectivity index (χ3v) is 6.19. The molecular weight excluding hydrogens is 456 g/mol. The number of piperidine rings is 1. The van der Waals surface area contributed by atoms with E-state index in [2.05, 4.69) is 26.9 Å². The van der Waals surface area contributed by atoms with Crippen molar-refractivity contribution in [2.24, 2.45) is 0 Å². The number of hydrogen-bond acceptors (Lipinski definition) is 8. The lowest BCUT2D eigenvalue weighted by atomic mass is 9.96. The molecule has 1 amide bonds. The fourth-order valence-electron chi connectivity index (χ4n) is 4.24. The molecule has 0 spiro atoms. The van der Waals surface area contributed by atoms with Crippen LogP contribution in [0.3, 0.4) is 0 Å². The zero-order valence-corrected chi connectivity index (χ0v) is 22.4. The van der Waals surface area contributed by atoms with Gasteiger partial charge in [-0.15, -0.1) is 0 Å². The van der Waals surface area contributed by atoms with Crippen molar-refractivity contribution in [1.82, 2.24) is 19.9 Å². The number of amides is 1. The second kappa shape index (κ2) is 11.6. The Morgan fingerprint density at radius 1 is 1.22 bits per heavy atom. The van der Waals surface area contributed by atoms with Gasteiger partial charge in [0.15, 0.2) is 0 Å². The van der Waals surface area contributed by atoms with Gasteiger partial charge in [-0.1, -0.05) is 37.7 Å². The second-order valence-corrected chi connectivity index (χ2v) is 10.1. The van der Waals surface area contributed by atoms with Gasteiger partial charge in [0.2, 0.25) is 11.7 Å². The summed E-state index contributed by atoms with van der Waals surface area (Å²) in [6.45, 7) is 18.6. The van der Waals surface area contributed by atoms with E-state index in [1.54, 1.807) is 4.90 Å². The van der Waals surface area contributed by atoms with Gasteiger partial charge in [0.25, 0.3) is 0 Å². The minimum Gasteiger partial charge on any atom is -0.444 e. The van der Waals surface area contributed by atoms with Gasteiger partial charge in [0.05, 0.1) is 6.04 Å². The Morgan fingerprint density at radius 3 is 2.47 bits per heavy atom. The molecule has 0 atom stereocenters. The van der Waals surface area contributed by atoms with Crippen LogP contribution in [0.5, 0.6) is 0 Å². The van der Waals surface area contributed by atoms with E-state index in [1.165, 1.54) is 6.21 Å². The summed E-state index contributed by atoms with van der Waals surface area (Å²) in [6, 6.07) is 5.80. The number of aromatic nitrogens is 2. The van der Waals surface area contributed by atoms with Crippen LogP contribution in [0.2, 0.25) is 0 Å². The van der Waals surface area contributed by atoms with Crippen molar-refractivity contribution in [2.75, 3.05) is 31.5 Å². The first-order valence-electron chi connectivity index (χ1n) is 12.8. The monoisotopic (exact) mass is 496 g/mol. The van der Waals surface area contributed by atoms with Gasteiger partial charge >= 0.3 is 6.09 Å². The fraction of sp³-hybridized carbons (Fsp3) is 0.556. The first-order valence-corrected chi connectivity index (χ1v) is 12.8. The molecule has 2 N–H and O–H groups in total. The Bertz CT molecular complexity index is 1060. The highest BCUT2D eigenvalue weighted by Gasteiger charge is 2.34. The van der Waals surface area contributed by atoms with Crippen LogP contribution in [0.25, 0.3) is 11.4 Å². The number of nitrogens with zero attached hydrogens (tertiary/aromatic N) is 4. The third kappa shape index (κ3) is 6.65. The van der Waals surface area contributed by atoms with Crippen LogP contribution in [0.15, 0.2) is 35.0 Å². The van der Waals surface area contributed by atoms with E-state index < -0.39 is 5.60 Å².